The molecule has 0 aromatic carbocycles. The summed E-state index contributed by atoms with van der Waals surface area (Å²) in [7, 11) is 1.72. The van der Waals surface area contributed by atoms with Crippen LogP contribution >= 0.6 is 0 Å². The van der Waals surface area contributed by atoms with Crippen LogP contribution in [-0.4, -0.2) is 29.2 Å². The fraction of sp³-hybridized carbons (Fsp3) is 0.400. The average Bonchev–Trinajstić information content (AvgIpc) is 1.80. The van der Waals surface area contributed by atoms with Gasteiger partial charge in [-0.15, -0.1) is 0 Å². The Labute approximate surface area is 53.3 Å². The average molecular weight is 127 g/mol. The third-order valence-electron chi connectivity index (χ3n) is 1.11. The molecule has 1 aliphatic rings. The second-order valence-electron chi connectivity index (χ2n) is 1.88. The highest BCUT2D eigenvalue weighted by atomic mass is 16.3. The van der Waals surface area contributed by atoms with Gasteiger partial charge in [-0.3, -0.25) is 0 Å². The highest BCUT2D eigenvalue weighted by Crippen LogP contribution is 1.99. The van der Waals surface area contributed by atoms with Crippen molar-refractivity contribution in [1.29, 1.82) is 0 Å². The van der Waals surface area contributed by atoms with Crippen molar-refractivity contribution in [2.75, 3.05) is 7.05 Å². The smallest absolute Gasteiger partial charge is 0.226 e. The minimum absolute atomic E-state index is 0.362. The minimum atomic E-state index is -0.810. The molecule has 0 saturated heterocycles. The fourth-order valence-corrected chi connectivity index (χ4v) is 0.538. The van der Waals surface area contributed by atoms with Crippen LogP contribution in [0.2, 0.25) is 0 Å². The normalized spacial score (nSPS) is 26.2. The van der Waals surface area contributed by atoms with E-state index in [1.54, 1.807) is 24.2 Å². The molecule has 4 nitrogen and oxygen atoms in total. The predicted molar refractivity (Wildman–Crippen MR) is 34.5 cm³/mol. The van der Waals surface area contributed by atoms with Crippen LogP contribution in [0, 0.1) is 0 Å². The molecular weight excluding hydrogens is 118 g/mol. The van der Waals surface area contributed by atoms with Crippen LogP contribution in [-0.2, 0) is 0 Å². The quantitative estimate of drug-likeness (QED) is 0.442. The number of aliphatic hydroxyl groups excluding tert-OH is 1. The Balaban J connectivity index is 2.70. The zero-order valence-electron chi connectivity index (χ0n) is 5.15. The van der Waals surface area contributed by atoms with Gasteiger partial charge in [-0.05, 0) is 6.08 Å². The Morgan fingerprint density at radius 2 is 2.56 bits per heavy atom. The maximum absolute atomic E-state index is 8.96. The molecule has 0 saturated carbocycles. The summed E-state index contributed by atoms with van der Waals surface area (Å²) in [5, 5.41) is 8.96. The van der Waals surface area contributed by atoms with Crippen molar-refractivity contribution in [3.8, 4) is 0 Å². The Kier molecular flexibility index (Phi) is 1.40. The molecule has 1 heterocycles. The third kappa shape index (κ3) is 1.20. The minimum Gasteiger partial charge on any atom is -0.384 e. The maximum atomic E-state index is 8.96. The van der Waals surface area contributed by atoms with Crippen molar-refractivity contribution >= 4 is 5.84 Å². The molecule has 4 heteroatoms. The van der Waals surface area contributed by atoms with E-state index in [1.807, 2.05) is 0 Å². The molecule has 1 aliphatic heterocycles. The van der Waals surface area contributed by atoms with E-state index in [1.165, 1.54) is 0 Å². The standard InChI is InChI=1S/C5H9N3O/c1-8-3-2-4(6)7-5(8)9/h2-3,5,9H,1H3,(H2,6,7). The molecule has 0 aromatic rings. The molecule has 0 fully saturated rings. The van der Waals surface area contributed by atoms with Crippen molar-refractivity contribution in [3.05, 3.63) is 12.3 Å². The monoisotopic (exact) mass is 127 g/mol. The summed E-state index contributed by atoms with van der Waals surface area (Å²) in [4.78, 5) is 5.20. The fourth-order valence-electron chi connectivity index (χ4n) is 0.538. The van der Waals surface area contributed by atoms with E-state index in [0.29, 0.717) is 5.84 Å². The Hall–Kier alpha value is -1.03. The maximum Gasteiger partial charge on any atom is 0.226 e. The van der Waals surface area contributed by atoms with Gasteiger partial charge in [-0.25, -0.2) is 4.99 Å². The molecule has 9 heavy (non-hydrogen) atoms. The SMILES string of the molecule is CN1C=CC(N)=NC1O. The Morgan fingerprint density at radius 1 is 1.89 bits per heavy atom. The van der Waals surface area contributed by atoms with E-state index in [0.717, 1.165) is 0 Å². The predicted octanol–water partition coefficient (Wildman–Crippen LogP) is -0.921. The van der Waals surface area contributed by atoms with Crippen LogP contribution in [0.4, 0.5) is 0 Å². The van der Waals surface area contributed by atoms with Gasteiger partial charge in [0.1, 0.15) is 5.84 Å². The molecule has 3 N–H and O–H groups in total. The van der Waals surface area contributed by atoms with Crippen LogP contribution in [0.1, 0.15) is 0 Å². The molecule has 0 radical (unpaired) electrons. The van der Waals surface area contributed by atoms with Crippen LogP contribution in [0.25, 0.3) is 0 Å². The summed E-state index contributed by atoms with van der Waals surface area (Å²) < 4.78 is 0. The largest absolute Gasteiger partial charge is 0.384 e. The zero-order chi connectivity index (χ0) is 6.85. The van der Waals surface area contributed by atoms with Gasteiger partial charge in [0.05, 0.1) is 0 Å². The van der Waals surface area contributed by atoms with Gasteiger partial charge in [-0.2, -0.15) is 0 Å². The van der Waals surface area contributed by atoms with Crippen molar-refractivity contribution in [1.82, 2.24) is 4.90 Å². The van der Waals surface area contributed by atoms with E-state index in [2.05, 4.69) is 4.99 Å². The first-order valence-electron chi connectivity index (χ1n) is 2.61. The molecule has 1 atom stereocenters. The lowest BCUT2D eigenvalue weighted by atomic mass is 10.5. The van der Waals surface area contributed by atoms with Gasteiger partial charge in [0.2, 0.25) is 6.35 Å². The number of rotatable bonds is 0. The summed E-state index contributed by atoms with van der Waals surface area (Å²) >= 11 is 0. The Bertz CT molecular complexity index is 164. The van der Waals surface area contributed by atoms with Crippen molar-refractivity contribution in [3.63, 3.8) is 0 Å². The number of aliphatic hydroxyl groups is 1. The lowest BCUT2D eigenvalue weighted by molar-refractivity contribution is 0.0618. The number of amidine groups is 1. The highest BCUT2D eigenvalue weighted by Gasteiger charge is 2.07. The molecule has 1 rings (SSSR count). The number of hydrogen-bond donors (Lipinski definition) is 2. The molecule has 0 aliphatic carbocycles. The summed E-state index contributed by atoms with van der Waals surface area (Å²) in [5.41, 5.74) is 5.26. The first-order chi connectivity index (χ1) is 4.20. The molecule has 1 unspecified atom stereocenters. The van der Waals surface area contributed by atoms with Crippen molar-refractivity contribution in [2.45, 2.75) is 6.35 Å². The van der Waals surface area contributed by atoms with Crippen LogP contribution < -0.4 is 5.73 Å². The number of aliphatic imine (C=N–C) groups is 1. The molecule has 0 bridgehead atoms. The van der Waals surface area contributed by atoms with E-state index in [-0.39, 0.29) is 0 Å². The second kappa shape index (κ2) is 2.06. The molecule has 0 spiro atoms. The Morgan fingerprint density at radius 3 is 3.00 bits per heavy atom. The summed E-state index contributed by atoms with van der Waals surface area (Å²) in [6.07, 6.45) is 2.50. The van der Waals surface area contributed by atoms with Gasteiger partial charge in [0.25, 0.3) is 0 Å². The molecule has 0 amide bonds. The lowest BCUT2D eigenvalue weighted by Gasteiger charge is -2.20. The van der Waals surface area contributed by atoms with E-state index >= 15 is 0 Å². The van der Waals surface area contributed by atoms with Gasteiger partial charge in [0.15, 0.2) is 0 Å². The first kappa shape index (κ1) is 6.10. The van der Waals surface area contributed by atoms with Gasteiger partial charge >= 0.3 is 0 Å². The van der Waals surface area contributed by atoms with E-state index in [9.17, 15) is 0 Å². The molecular formula is C5H9N3O. The summed E-state index contributed by atoms with van der Waals surface area (Å²) in [6, 6.07) is 0. The van der Waals surface area contributed by atoms with Gasteiger partial charge in [-0.1, -0.05) is 0 Å². The second-order valence-corrected chi connectivity index (χ2v) is 1.88. The number of hydrogen-bond acceptors (Lipinski definition) is 4. The van der Waals surface area contributed by atoms with Crippen molar-refractivity contribution in [2.24, 2.45) is 10.7 Å². The molecule has 50 valence electrons. The van der Waals surface area contributed by atoms with Crippen LogP contribution in [0.5, 0.6) is 0 Å². The third-order valence-corrected chi connectivity index (χ3v) is 1.11. The zero-order valence-corrected chi connectivity index (χ0v) is 5.15. The number of nitrogens with two attached hydrogens (primary N) is 1. The molecule has 0 aromatic heterocycles. The van der Waals surface area contributed by atoms with Crippen molar-refractivity contribution < 1.29 is 5.11 Å². The van der Waals surface area contributed by atoms with Gasteiger partial charge in [0, 0.05) is 13.2 Å². The topological polar surface area (TPSA) is 61.8 Å². The van der Waals surface area contributed by atoms with Gasteiger partial charge < -0.3 is 15.7 Å². The highest BCUT2D eigenvalue weighted by molar-refractivity contribution is 5.91. The first-order valence-corrected chi connectivity index (χ1v) is 2.61. The summed E-state index contributed by atoms with van der Waals surface area (Å²) in [6.45, 7) is 0. The van der Waals surface area contributed by atoms with Crippen LogP contribution in [0.3, 0.4) is 0 Å². The lowest BCUT2D eigenvalue weighted by Crippen LogP contribution is -2.31. The summed E-state index contributed by atoms with van der Waals surface area (Å²) in [5.74, 6) is 0.362. The van der Waals surface area contributed by atoms with E-state index in [4.69, 9.17) is 10.8 Å². The number of nitrogens with zero attached hydrogens (tertiary/aromatic N) is 2. The van der Waals surface area contributed by atoms with E-state index < -0.39 is 6.35 Å². The van der Waals surface area contributed by atoms with Crippen LogP contribution in [0.15, 0.2) is 17.3 Å².